The number of urea groups is 1. The first-order valence-corrected chi connectivity index (χ1v) is 7.44. The third-order valence-electron chi connectivity index (χ3n) is 3.56. The van der Waals surface area contributed by atoms with Crippen molar-refractivity contribution in [1.29, 1.82) is 0 Å². The highest BCUT2D eigenvalue weighted by Crippen LogP contribution is 2.17. The van der Waals surface area contributed by atoms with Crippen LogP contribution in [0.5, 0.6) is 5.75 Å². The molecule has 23 heavy (non-hydrogen) atoms. The molecule has 1 heterocycles. The number of hydrogen-bond donors (Lipinski definition) is 2. The van der Waals surface area contributed by atoms with Gasteiger partial charge in [-0.25, -0.2) is 4.79 Å². The molecule has 2 amide bonds. The van der Waals surface area contributed by atoms with E-state index in [9.17, 15) is 4.79 Å². The minimum Gasteiger partial charge on any atom is -0.497 e. The second-order valence-corrected chi connectivity index (χ2v) is 5.41. The highest BCUT2D eigenvalue weighted by molar-refractivity contribution is 5.73. The largest absolute Gasteiger partial charge is 0.497 e. The van der Waals surface area contributed by atoms with Gasteiger partial charge < -0.3 is 19.8 Å². The lowest BCUT2D eigenvalue weighted by Gasteiger charge is -2.22. The van der Waals surface area contributed by atoms with Crippen LogP contribution in [0, 0.1) is 0 Å². The van der Waals surface area contributed by atoms with Gasteiger partial charge in [-0.15, -0.1) is 0 Å². The van der Waals surface area contributed by atoms with E-state index in [0.29, 0.717) is 13.1 Å². The summed E-state index contributed by atoms with van der Waals surface area (Å²) in [6, 6.07) is 11.1. The second-order valence-electron chi connectivity index (χ2n) is 5.41. The number of rotatable bonds is 7. The Morgan fingerprint density at radius 2 is 1.96 bits per heavy atom. The van der Waals surface area contributed by atoms with Crippen LogP contribution < -0.4 is 15.4 Å². The first-order chi connectivity index (χ1) is 11.1. The molecule has 124 valence electrons. The summed E-state index contributed by atoms with van der Waals surface area (Å²) >= 11 is 0. The number of benzene rings is 1. The fourth-order valence-electron chi connectivity index (χ4n) is 2.20. The molecule has 0 saturated heterocycles. The van der Waals surface area contributed by atoms with E-state index in [4.69, 9.17) is 9.15 Å². The molecule has 1 atom stereocenters. The summed E-state index contributed by atoms with van der Waals surface area (Å²) in [5.74, 6) is 1.62. The van der Waals surface area contributed by atoms with Crippen LogP contribution in [0.25, 0.3) is 0 Å². The van der Waals surface area contributed by atoms with Crippen LogP contribution in [0.4, 0.5) is 4.79 Å². The molecule has 0 radical (unpaired) electrons. The smallest absolute Gasteiger partial charge is 0.315 e. The number of ether oxygens (including phenoxy) is 1. The molecule has 0 aliphatic rings. The normalized spacial score (nSPS) is 12.0. The summed E-state index contributed by atoms with van der Waals surface area (Å²) in [6.07, 6.45) is 1.63. The van der Waals surface area contributed by atoms with Gasteiger partial charge in [0.1, 0.15) is 11.5 Å². The summed E-state index contributed by atoms with van der Waals surface area (Å²) in [5, 5.41) is 5.70. The molecule has 6 heteroatoms. The standard InChI is InChI=1S/C17H23N3O3/c1-20(2)15(16-5-4-10-23-16)12-19-17(21)18-11-13-6-8-14(22-3)9-7-13/h4-10,15H,11-12H2,1-3H3,(H2,18,19,21). The summed E-state index contributed by atoms with van der Waals surface area (Å²) in [7, 11) is 5.52. The maximum atomic E-state index is 11.9. The van der Waals surface area contributed by atoms with Crippen molar-refractivity contribution in [3.05, 3.63) is 54.0 Å². The molecule has 1 aromatic heterocycles. The Morgan fingerprint density at radius 1 is 1.22 bits per heavy atom. The Kier molecular flexibility index (Phi) is 6.05. The topological polar surface area (TPSA) is 66.7 Å². The molecule has 1 unspecified atom stereocenters. The monoisotopic (exact) mass is 317 g/mol. The van der Waals surface area contributed by atoms with Crippen LogP contribution in [0.3, 0.4) is 0 Å². The van der Waals surface area contributed by atoms with E-state index in [1.54, 1.807) is 13.4 Å². The van der Waals surface area contributed by atoms with Crippen molar-refractivity contribution in [3.63, 3.8) is 0 Å². The Balaban J connectivity index is 1.79. The molecule has 6 nitrogen and oxygen atoms in total. The molecule has 1 aromatic carbocycles. The van der Waals surface area contributed by atoms with E-state index in [0.717, 1.165) is 17.1 Å². The van der Waals surface area contributed by atoms with Gasteiger partial charge in [-0.2, -0.15) is 0 Å². The number of furan rings is 1. The zero-order valence-corrected chi connectivity index (χ0v) is 13.7. The molecule has 0 aliphatic carbocycles. The second kappa shape index (κ2) is 8.24. The maximum Gasteiger partial charge on any atom is 0.315 e. The first kappa shape index (κ1) is 16.9. The van der Waals surface area contributed by atoms with Crippen molar-refractivity contribution in [3.8, 4) is 5.75 Å². The van der Waals surface area contributed by atoms with Crippen LogP contribution in [-0.2, 0) is 6.54 Å². The van der Waals surface area contributed by atoms with Gasteiger partial charge in [-0.3, -0.25) is 4.90 Å². The molecular weight excluding hydrogens is 294 g/mol. The Bertz CT molecular complexity index is 594. The number of amides is 2. The number of carbonyl (C=O) groups is 1. The third-order valence-corrected chi connectivity index (χ3v) is 3.56. The lowest BCUT2D eigenvalue weighted by molar-refractivity contribution is 0.225. The summed E-state index contributed by atoms with van der Waals surface area (Å²) in [6.45, 7) is 0.929. The average Bonchev–Trinajstić information content (AvgIpc) is 3.07. The number of nitrogens with zero attached hydrogens (tertiary/aromatic N) is 1. The SMILES string of the molecule is COc1ccc(CNC(=O)NCC(c2ccco2)N(C)C)cc1. The minimum absolute atomic E-state index is 0.00302. The highest BCUT2D eigenvalue weighted by Gasteiger charge is 2.17. The van der Waals surface area contributed by atoms with Crippen LogP contribution in [0.2, 0.25) is 0 Å². The fraction of sp³-hybridized carbons (Fsp3) is 0.353. The van der Waals surface area contributed by atoms with Crippen molar-refractivity contribution in [2.75, 3.05) is 27.7 Å². The van der Waals surface area contributed by atoms with Crippen molar-refractivity contribution >= 4 is 6.03 Å². The molecule has 0 fully saturated rings. The maximum absolute atomic E-state index is 11.9. The van der Waals surface area contributed by atoms with Crippen LogP contribution in [-0.4, -0.2) is 38.7 Å². The van der Waals surface area contributed by atoms with E-state index >= 15 is 0 Å². The van der Waals surface area contributed by atoms with E-state index in [1.807, 2.05) is 55.4 Å². The number of methoxy groups -OCH3 is 1. The molecular formula is C17H23N3O3. The summed E-state index contributed by atoms with van der Waals surface area (Å²) < 4.78 is 10.5. The van der Waals surface area contributed by atoms with Gasteiger partial charge in [-0.1, -0.05) is 12.1 Å². The number of hydrogen-bond acceptors (Lipinski definition) is 4. The molecule has 0 saturated carbocycles. The van der Waals surface area contributed by atoms with E-state index in [-0.39, 0.29) is 12.1 Å². The Hall–Kier alpha value is -2.47. The predicted octanol–water partition coefficient (Wildman–Crippen LogP) is 2.39. The number of nitrogens with one attached hydrogen (secondary N) is 2. The molecule has 2 N–H and O–H groups in total. The van der Waals surface area contributed by atoms with Gasteiger partial charge in [0.25, 0.3) is 0 Å². The summed E-state index contributed by atoms with van der Waals surface area (Å²) in [5.41, 5.74) is 1.01. The molecule has 2 aromatic rings. The van der Waals surface area contributed by atoms with E-state index in [2.05, 4.69) is 10.6 Å². The van der Waals surface area contributed by atoms with Crippen molar-refractivity contribution in [1.82, 2.24) is 15.5 Å². The Labute approximate surface area is 136 Å². The van der Waals surface area contributed by atoms with Gasteiger partial charge in [0.2, 0.25) is 0 Å². The predicted molar refractivity (Wildman–Crippen MR) is 88.4 cm³/mol. The van der Waals surface area contributed by atoms with E-state index < -0.39 is 0 Å². The zero-order valence-electron chi connectivity index (χ0n) is 13.7. The van der Waals surface area contributed by atoms with Crippen LogP contribution >= 0.6 is 0 Å². The van der Waals surface area contributed by atoms with Gasteiger partial charge >= 0.3 is 6.03 Å². The van der Waals surface area contributed by atoms with Crippen LogP contribution in [0.1, 0.15) is 17.4 Å². The van der Waals surface area contributed by atoms with Crippen molar-refractivity contribution < 1.29 is 13.9 Å². The van der Waals surface area contributed by atoms with Gasteiger partial charge in [0.05, 0.1) is 19.4 Å². The quantitative estimate of drug-likeness (QED) is 0.823. The van der Waals surface area contributed by atoms with Gasteiger partial charge in [0.15, 0.2) is 0 Å². The summed E-state index contributed by atoms with van der Waals surface area (Å²) in [4.78, 5) is 13.9. The lowest BCUT2D eigenvalue weighted by Crippen LogP contribution is -2.40. The Morgan fingerprint density at radius 3 is 2.52 bits per heavy atom. The van der Waals surface area contributed by atoms with E-state index in [1.165, 1.54) is 0 Å². The van der Waals surface area contributed by atoms with Crippen molar-refractivity contribution in [2.24, 2.45) is 0 Å². The first-order valence-electron chi connectivity index (χ1n) is 7.44. The third kappa shape index (κ3) is 5.03. The number of likely N-dealkylation sites (N-methyl/N-ethyl adjacent to an activating group) is 1. The highest BCUT2D eigenvalue weighted by atomic mass is 16.5. The molecule has 0 aliphatic heterocycles. The number of carbonyl (C=O) groups excluding carboxylic acids is 1. The zero-order chi connectivity index (χ0) is 16.7. The molecule has 0 bridgehead atoms. The average molecular weight is 317 g/mol. The minimum atomic E-state index is -0.209. The van der Waals surface area contributed by atoms with Gasteiger partial charge in [-0.05, 0) is 43.9 Å². The van der Waals surface area contributed by atoms with Crippen molar-refractivity contribution in [2.45, 2.75) is 12.6 Å². The molecule has 2 rings (SSSR count). The van der Waals surface area contributed by atoms with Gasteiger partial charge in [0, 0.05) is 13.1 Å². The lowest BCUT2D eigenvalue weighted by atomic mass is 10.2. The fourth-order valence-corrected chi connectivity index (χ4v) is 2.20. The molecule has 0 spiro atoms. The van der Waals surface area contributed by atoms with Crippen LogP contribution in [0.15, 0.2) is 47.1 Å².